The van der Waals surface area contributed by atoms with Crippen LogP contribution in [0.15, 0.2) is 12.3 Å². The molecule has 1 aromatic heterocycles. The van der Waals surface area contributed by atoms with Crippen LogP contribution >= 0.6 is 0 Å². The fourth-order valence-corrected chi connectivity index (χ4v) is 2.45. The van der Waals surface area contributed by atoms with Gasteiger partial charge in [0.25, 0.3) is 0 Å². The molecule has 2 saturated heterocycles. The van der Waals surface area contributed by atoms with Gasteiger partial charge in [-0.15, -0.1) is 0 Å². The van der Waals surface area contributed by atoms with E-state index in [9.17, 15) is 5.21 Å². The molecular formula is C15H22NO6+. The summed E-state index contributed by atoms with van der Waals surface area (Å²) in [5.41, 5.74) is 1.59. The molecule has 0 amide bonds. The smallest absolute Gasteiger partial charge is 0.237 e. The van der Waals surface area contributed by atoms with Gasteiger partial charge in [-0.1, -0.05) is 0 Å². The van der Waals surface area contributed by atoms with Gasteiger partial charge < -0.3 is 23.7 Å². The van der Waals surface area contributed by atoms with Crippen molar-refractivity contribution < 1.29 is 33.6 Å². The first-order valence-electron chi connectivity index (χ1n) is 7.33. The molecule has 0 radical (unpaired) electrons. The summed E-state index contributed by atoms with van der Waals surface area (Å²) in [5, 5.41) is 9.59. The van der Waals surface area contributed by atoms with Gasteiger partial charge in [-0.25, -0.2) is 0 Å². The summed E-state index contributed by atoms with van der Waals surface area (Å²) < 4.78 is 29.5. The molecule has 1 aromatic rings. The SMILES string of the molecule is Cc1c(OCC2(C)OCC3(CO2)OCCO3)cc[n+](O)c1C. The lowest BCUT2D eigenvalue weighted by Gasteiger charge is -2.41. The molecule has 7 nitrogen and oxygen atoms in total. The molecule has 1 N–H and O–H groups in total. The normalized spacial score (nSPS) is 22.9. The first kappa shape index (κ1) is 15.5. The zero-order valence-electron chi connectivity index (χ0n) is 13.1. The minimum Gasteiger partial charge on any atom is -0.487 e. The van der Waals surface area contributed by atoms with Crippen LogP contribution in [0.5, 0.6) is 5.75 Å². The lowest BCUT2D eigenvalue weighted by molar-refractivity contribution is -0.909. The molecule has 0 saturated carbocycles. The Morgan fingerprint density at radius 3 is 2.45 bits per heavy atom. The molecule has 22 heavy (non-hydrogen) atoms. The third-order valence-corrected chi connectivity index (χ3v) is 4.12. The van der Waals surface area contributed by atoms with E-state index in [-0.39, 0.29) is 6.61 Å². The monoisotopic (exact) mass is 312 g/mol. The second-order valence-electron chi connectivity index (χ2n) is 5.84. The Morgan fingerprint density at radius 1 is 1.18 bits per heavy atom. The van der Waals surface area contributed by atoms with Crippen molar-refractivity contribution in [3.05, 3.63) is 23.5 Å². The zero-order chi connectivity index (χ0) is 15.8. The number of aromatic nitrogens is 1. The highest BCUT2D eigenvalue weighted by atomic mass is 16.8. The third-order valence-electron chi connectivity index (χ3n) is 4.12. The second-order valence-corrected chi connectivity index (χ2v) is 5.84. The van der Waals surface area contributed by atoms with Gasteiger partial charge in [0.05, 0.1) is 18.8 Å². The van der Waals surface area contributed by atoms with Crippen LogP contribution in [0.3, 0.4) is 0 Å². The topological polar surface area (TPSA) is 70.3 Å². The van der Waals surface area contributed by atoms with Crippen molar-refractivity contribution in [2.75, 3.05) is 33.0 Å². The summed E-state index contributed by atoms with van der Waals surface area (Å²) in [6.07, 6.45) is 1.54. The van der Waals surface area contributed by atoms with Crippen LogP contribution in [-0.4, -0.2) is 49.8 Å². The molecule has 0 atom stereocenters. The lowest BCUT2D eigenvalue weighted by atomic mass is 10.2. The standard InChI is InChI=1S/C15H22NO6/c1-11-12(2)16(17)5-4-13(11)18-8-14(3)21-9-15(10-22-14)19-6-7-20-15/h4-5,17H,6-10H2,1-3H3/q+1. The van der Waals surface area contributed by atoms with Crippen molar-refractivity contribution in [1.82, 2.24) is 0 Å². The summed E-state index contributed by atoms with van der Waals surface area (Å²) in [6.45, 7) is 7.51. The number of rotatable bonds is 3. The molecule has 3 rings (SSSR count). The lowest BCUT2D eigenvalue weighted by Crippen LogP contribution is -2.55. The quantitative estimate of drug-likeness (QED) is 0.655. The van der Waals surface area contributed by atoms with Crippen LogP contribution in [-0.2, 0) is 18.9 Å². The van der Waals surface area contributed by atoms with Crippen molar-refractivity contribution >= 4 is 0 Å². The van der Waals surface area contributed by atoms with Crippen molar-refractivity contribution in [2.24, 2.45) is 0 Å². The molecule has 122 valence electrons. The van der Waals surface area contributed by atoms with Crippen LogP contribution in [0.4, 0.5) is 0 Å². The fourth-order valence-electron chi connectivity index (χ4n) is 2.45. The van der Waals surface area contributed by atoms with Crippen molar-refractivity contribution in [3.8, 4) is 5.75 Å². The highest BCUT2D eigenvalue weighted by Gasteiger charge is 2.47. The van der Waals surface area contributed by atoms with Gasteiger partial charge in [-0.3, -0.25) is 5.21 Å². The summed E-state index contributed by atoms with van der Waals surface area (Å²) >= 11 is 0. The van der Waals surface area contributed by atoms with Gasteiger partial charge in [0.2, 0.25) is 17.7 Å². The average molecular weight is 312 g/mol. The van der Waals surface area contributed by atoms with Crippen molar-refractivity contribution in [1.29, 1.82) is 0 Å². The van der Waals surface area contributed by atoms with Crippen molar-refractivity contribution in [2.45, 2.75) is 32.3 Å². The predicted octanol–water partition coefficient (Wildman–Crippen LogP) is 0.713. The highest BCUT2D eigenvalue weighted by molar-refractivity contribution is 5.31. The highest BCUT2D eigenvalue weighted by Crippen LogP contribution is 2.31. The molecule has 2 fully saturated rings. The Bertz CT molecular complexity index is 545. The molecule has 2 aliphatic rings. The van der Waals surface area contributed by atoms with E-state index in [1.807, 2.05) is 20.8 Å². The summed E-state index contributed by atoms with van der Waals surface area (Å²) in [6, 6.07) is 1.71. The summed E-state index contributed by atoms with van der Waals surface area (Å²) in [7, 11) is 0. The summed E-state index contributed by atoms with van der Waals surface area (Å²) in [5.74, 6) is -0.933. The maximum atomic E-state index is 9.59. The molecule has 0 bridgehead atoms. The Balaban J connectivity index is 1.61. The number of hydrogen-bond acceptors (Lipinski definition) is 6. The van der Waals surface area contributed by atoms with E-state index in [0.29, 0.717) is 32.2 Å². The largest absolute Gasteiger partial charge is 0.487 e. The average Bonchev–Trinajstić information content (AvgIpc) is 2.97. The second kappa shape index (κ2) is 5.66. The van der Waals surface area contributed by atoms with E-state index in [0.717, 1.165) is 16.0 Å². The molecule has 2 aliphatic heterocycles. The minimum absolute atomic E-state index is 0.235. The Morgan fingerprint density at radius 2 is 1.82 bits per heavy atom. The van der Waals surface area contributed by atoms with E-state index >= 15 is 0 Å². The number of pyridine rings is 1. The predicted molar refractivity (Wildman–Crippen MR) is 73.7 cm³/mol. The van der Waals surface area contributed by atoms with Crippen LogP contribution in [0.25, 0.3) is 0 Å². The van der Waals surface area contributed by atoms with Gasteiger partial charge in [0.1, 0.15) is 25.6 Å². The molecule has 0 unspecified atom stereocenters. The Kier molecular flexibility index (Phi) is 3.98. The van der Waals surface area contributed by atoms with E-state index in [4.69, 9.17) is 23.7 Å². The third kappa shape index (κ3) is 2.89. The number of nitrogens with zero attached hydrogens (tertiary/aromatic N) is 1. The van der Waals surface area contributed by atoms with Gasteiger partial charge in [0, 0.05) is 17.7 Å². The molecular weight excluding hydrogens is 290 g/mol. The molecule has 1 spiro atoms. The van der Waals surface area contributed by atoms with Crippen LogP contribution in [0.2, 0.25) is 0 Å². The molecule has 0 aliphatic carbocycles. The van der Waals surface area contributed by atoms with Crippen LogP contribution in [0, 0.1) is 13.8 Å². The van der Waals surface area contributed by atoms with E-state index < -0.39 is 11.6 Å². The maximum Gasteiger partial charge on any atom is 0.237 e. The van der Waals surface area contributed by atoms with Gasteiger partial charge in [-0.05, 0) is 13.8 Å². The van der Waals surface area contributed by atoms with Crippen LogP contribution < -0.4 is 9.47 Å². The minimum atomic E-state index is -0.855. The first-order valence-corrected chi connectivity index (χ1v) is 7.33. The van der Waals surface area contributed by atoms with Gasteiger partial charge in [-0.2, -0.15) is 0 Å². The number of hydrogen-bond donors (Lipinski definition) is 1. The van der Waals surface area contributed by atoms with E-state index in [2.05, 4.69) is 0 Å². The molecule has 3 heterocycles. The first-order chi connectivity index (χ1) is 10.4. The summed E-state index contributed by atoms with van der Waals surface area (Å²) in [4.78, 5) is 0. The van der Waals surface area contributed by atoms with Gasteiger partial charge >= 0.3 is 0 Å². The Labute approximate surface area is 129 Å². The zero-order valence-corrected chi connectivity index (χ0v) is 13.1. The van der Waals surface area contributed by atoms with E-state index in [1.54, 1.807) is 6.07 Å². The van der Waals surface area contributed by atoms with Crippen molar-refractivity contribution in [3.63, 3.8) is 0 Å². The molecule has 7 heteroatoms. The molecule has 0 aromatic carbocycles. The number of ether oxygens (including phenoxy) is 5. The van der Waals surface area contributed by atoms with Crippen LogP contribution in [0.1, 0.15) is 18.2 Å². The fraction of sp³-hybridized carbons (Fsp3) is 0.667. The van der Waals surface area contributed by atoms with Gasteiger partial charge in [0.15, 0.2) is 5.79 Å². The maximum absolute atomic E-state index is 9.59. The van der Waals surface area contributed by atoms with E-state index in [1.165, 1.54) is 6.20 Å². The Hall–Kier alpha value is -1.41.